The van der Waals surface area contributed by atoms with Crippen molar-refractivity contribution < 1.29 is 8.42 Å². The van der Waals surface area contributed by atoms with Crippen LogP contribution >= 0.6 is 0 Å². The van der Waals surface area contributed by atoms with E-state index in [9.17, 15) is 8.42 Å². The Labute approximate surface area is 142 Å². The molecule has 0 amide bonds. The van der Waals surface area contributed by atoms with Crippen LogP contribution in [0.2, 0.25) is 0 Å². The van der Waals surface area contributed by atoms with Gasteiger partial charge in [-0.2, -0.15) is 5.10 Å². The number of likely N-dealkylation sites (tertiary alicyclic amines) is 1. The maximum absolute atomic E-state index is 11.9. The number of aromatic amines is 1. The van der Waals surface area contributed by atoms with Crippen LogP contribution in [0.15, 0.2) is 29.4 Å². The van der Waals surface area contributed by atoms with E-state index < -0.39 is 9.84 Å². The van der Waals surface area contributed by atoms with E-state index in [0.29, 0.717) is 4.90 Å². The van der Waals surface area contributed by atoms with Gasteiger partial charge in [0.1, 0.15) is 10.7 Å². The van der Waals surface area contributed by atoms with Gasteiger partial charge >= 0.3 is 0 Å². The first-order valence-electron chi connectivity index (χ1n) is 8.06. The van der Waals surface area contributed by atoms with Crippen molar-refractivity contribution in [1.29, 1.82) is 0 Å². The zero-order valence-electron chi connectivity index (χ0n) is 14.0. The van der Waals surface area contributed by atoms with Crippen molar-refractivity contribution in [2.75, 3.05) is 31.7 Å². The van der Waals surface area contributed by atoms with Crippen molar-refractivity contribution in [2.45, 2.75) is 30.2 Å². The number of H-pyrrole nitrogens is 1. The molecular weight excluding hydrogens is 326 g/mol. The average Bonchev–Trinajstić information content (AvgIpc) is 3.06. The lowest BCUT2D eigenvalue weighted by atomic mass is 9.94. The fourth-order valence-electron chi connectivity index (χ4n) is 3.34. The molecule has 0 saturated carbocycles. The van der Waals surface area contributed by atoms with E-state index in [1.165, 1.54) is 12.5 Å². The highest BCUT2D eigenvalue weighted by Gasteiger charge is 2.28. The van der Waals surface area contributed by atoms with E-state index >= 15 is 0 Å². The summed E-state index contributed by atoms with van der Waals surface area (Å²) in [6.07, 6.45) is 6.42. The van der Waals surface area contributed by atoms with Crippen molar-refractivity contribution in [3.05, 3.63) is 35.8 Å². The minimum atomic E-state index is -3.26. The van der Waals surface area contributed by atoms with Gasteiger partial charge in [0.25, 0.3) is 0 Å². The molecule has 0 aliphatic carbocycles. The Kier molecular flexibility index (Phi) is 4.86. The van der Waals surface area contributed by atoms with Crippen LogP contribution in [0, 0.1) is 0 Å². The Bertz CT molecular complexity index is 802. The van der Waals surface area contributed by atoms with Gasteiger partial charge in [-0.3, -0.25) is 10.00 Å². The van der Waals surface area contributed by atoms with Gasteiger partial charge in [-0.25, -0.2) is 13.4 Å². The molecule has 1 aliphatic heterocycles. The molecule has 1 atom stereocenters. The molecule has 24 heavy (non-hydrogen) atoms. The Balaban J connectivity index is 1.77. The molecule has 0 aromatic carbocycles. The SMILES string of the molecule is CNc1ncccc1CN1CCC[C@@H](c2[nH]ncc2S(C)(=O)=O)C1. The lowest BCUT2D eigenvalue weighted by Crippen LogP contribution is -2.34. The third-order valence-electron chi connectivity index (χ3n) is 4.47. The molecule has 1 fully saturated rings. The molecular formula is C16H23N5O2S. The summed E-state index contributed by atoms with van der Waals surface area (Å²) < 4.78 is 23.8. The third kappa shape index (κ3) is 3.59. The van der Waals surface area contributed by atoms with E-state index in [0.717, 1.165) is 49.6 Å². The largest absolute Gasteiger partial charge is 0.373 e. The molecule has 7 nitrogen and oxygen atoms in total. The van der Waals surface area contributed by atoms with Crippen molar-refractivity contribution in [3.8, 4) is 0 Å². The molecule has 8 heteroatoms. The summed E-state index contributed by atoms with van der Waals surface area (Å²) in [5, 5.41) is 9.99. The van der Waals surface area contributed by atoms with Crippen LogP contribution in [0.1, 0.15) is 30.0 Å². The molecule has 3 heterocycles. The highest BCUT2D eigenvalue weighted by atomic mass is 32.2. The Morgan fingerprint density at radius 2 is 2.29 bits per heavy atom. The minimum absolute atomic E-state index is 0.153. The van der Waals surface area contributed by atoms with Gasteiger partial charge in [0.15, 0.2) is 9.84 Å². The van der Waals surface area contributed by atoms with E-state index in [1.807, 2.05) is 13.1 Å². The number of pyridine rings is 1. The van der Waals surface area contributed by atoms with Gasteiger partial charge in [-0.15, -0.1) is 0 Å². The number of nitrogens with one attached hydrogen (secondary N) is 2. The molecule has 3 rings (SSSR count). The first kappa shape index (κ1) is 16.9. The summed E-state index contributed by atoms with van der Waals surface area (Å²) in [5.74, 6) is 1.04. The van der Waals surface area contributed by atoms with Crippen molar-refractivity contribution in [1.82, 2.24) is 20.1 Å². The smallest absolute Gasteiger partial charge is 0.178 e. The Hall–Kier alpha value is -1.93. The first-order valence-corrected chi connectivity index (χ1v) is 9.95. The molecule has 2 aromatic rings. The number of nitrogens with zero attached hydrogens (tertiary/aromatic N) is 3. The van der Waals surface area contributed by atoms with Gasteiger partial charge in [-0.1, -0.05) is 6.07 Å². The second kappa shape index (κ2) is 6.90. The first-order chi connectivity index (χ1) is 11.5. The predicted octanol–water partition coefficient (Wildman–Crippen LogP) is 1.63. The Morgan fingerprint density at radius 1 is 1.46 bits per heavy atom. The summed E-state index contributed by atoms with van der Waals surface area (Å²) in [6, 6.07) is 4.01. The standard InChI is InChI=1S/C16H23N5O2S/c1-17-16-13(5-3-7-18-16)11-21-8-4-6-12(10-21)15-14(9-19-20-15)24(2,22)23/h3,5,7,9,12H,4,6,8,10-11H2,1-2H3,(H,17,18)(H,19,20)/t12-/m1/s1. The topological polar surface area (TPSA) is 91.0 Å². The lowest BCUT2D eigenvalue weighted by Gasteiger charge is -2.32. The summed E-state index contributed by atoms with van der Waals surface area (Å²) in [6.45, 7) is 2.60. The highest BCUT2D eigenvalue weighted by Crippen LogP contribution is 2.30. The van der Waals surface area contributed by atoms with Crippen molar-refractivity contribution >= 4 is 15.7 Å². The minimum Gasteiger partial charge on any atom is -0.373 e. The van der Waals surface area contributed by atoms with Gasteiger partial charge in [-0.05, 0) is 25.5 Å². The number of rotatable bonds is 5. The fraction of sp³-hybridized carbons (Fsp3) is 0.500. The molecule has 0 unspecified atom stereocenters. The molecule has 0 spiro atoms. The van der Waals surface area contributed by atoms with E-state index in [-0.39, 0.29) is 5.92 Å². The Morgan fingerprint density at radius 3 is 3.04 bits per heavy atom. The molecule has 130 valence electrons. The monoisotopic (exact) mass is 349 g/mol. The molecule has 0 radical (unpaired) electrons. The number of aromatic nitrogens is 3. The second-order valence-corrected chi connectivity index (χ2v) is 8.24. The van der Waals surface area contributed by atoms with Gasteiger partial charge in [0.2, 0.25) is 0 Å². The van der Waals surface area contributed by atoms with Crippen LogP contribution in [0.3, 0.4) is 0 Å². The molecule has 1 aliphatic rings. The van der Waals surface area contributed by atoms with Crippen LogP contribution in [0.5, 0.6) is 0 Å². The van der Waals surface area contributed by atoms with E-state index in [2.05, 4.69) is 31.5 Å². The second-order valence-electron chi connectivity index (χ2n) is 6.26. The number of hydrogen-bond donors (Lipinski definition) is 2. The molecule has 2 aromatic heterocycles. The van der Waals surface area contributed by atoms with Crippen molar-refractivity contribution in [3.63, 3.8) is 0 Å². The molecule has 2 N–H and O–H groups in total. The summed E-state index contributed by atoms with van der Waals surface area (Å²) in [4.78, 5) is 7.02. The zero-order chi connectivity index (χ0) is 17.2. The number of hydrogen-bond acceptors (Lipinski definition) is 6. The number of anilines is 1. The summed E-state index contributed by atoms with van der Waals surface area (Å²) in [5.41, 5.74) is 1.89. The van der Waals surface area contributed by atoms with Gasteiger partial charge in [0.05, 0.1) is 11.9 Å². The van der Waals surface area contributed by atoms with Crippen molar-refractivity contribution in [2.24, 2.45) is 0 Å². The quantitative estimate of drug-likeness (QED) is 0.852. The zero-order valence-corrected chi connectivity index (χ0v) is 14.8. The van der Waals surface area contributed by atoms with Crippen LogP contribution in [0.25, 0.3) is 0 Å². The maximum atomic E-state index is 11.9. The predicted molar refractivity (Wildman–Crippen MR) is 92.7 cm³/mol. The average molecular weight is 349 g/mol. The summed E-state index contributed by atoms with van der Waals surface area (Å²) >= 11 is 0. The summed E-state index contributed by atoms with van der Waals surface area (Å²) in [7, 11) is -1.39. The third-order valence-corrected chi connectivity index (χ3v) is 5.59. The van der Waals surface area contributed by atoms with Crippen LogP contribution < -0.4 is 5.32 Å². The van der Waals surface area contributed by atoms with E-state index in [4.69, 9.17) is 0 Å². The number of sulfone groups is 1. The van der Waals surface area contributed by atoms with Gasteiger partial charge in [0, 0.05) is 44.1 Å². The maximum Gasteiger partial charge on any atom is 0.178 e. The van der Waals surface area contributed by atoms with Gasteiger partial charge < -0.3 is 5.32 Å². The fourth-order valence-corrected chi connectivity index (χ4v) is 4.20. The normalized spacial score (nSPS) is 19.3. The van der Waals surface area contributed by atoms with Crippen LogP contribution in [-0.2, 0) is 16.4 Å². The van der Waals surface area contributed by atoms with E-state index in [1.54, 1.807) is 6.20 Å². The van der Waals surface area contributed by atoms with Crippen LogP contribution in [-0.4, -0.2) is 54.9 Å². The van der Waals surface area contributed by atoms with Crippen LogP contribution in [0.4, 0.5) is 5.82 Å². The highest BCUT2D eigenvalue weighted by molar-refractivity contribution is 7.90. The molecule has 1 saturated heterocycles. The number of piperidine rings is 1. The molecule has 0 bridgehead atoms. The lowest BCUT2D eigenvalue weighted by molar-refractivity contribution is 0.197.